The van der Waals surface area contributed by atoms with Gasteiger partial charge in [-0.05, 0) is 23.9 Å². The number of amides is 1. The molecule has 2 atom stereocenters. The van der Waals surface area contributed by atoms with E-state index < -0.39 is 10.0 Å². The van der Waals surface area contributed by atoms with E-state index in [-0.39, 0.29) is 17.2 Å². The zero-order valence-electron chi connectivity index (χ0n) is 12.7. The molecule has 3 heterocycles. The molecule has 2 fully saturated rings. The average Bonchev–Trinajstić information content (AvgIpc) is 3.08. The van der Waals surface area contributed by atoms with Crippen LogP contribution in [-0.4, -0.2) is 58.3 Å². The minimum atomic E-state index is -3.25. The molecule has 1 amide bonds. The van der Waals surface area contributed by atoms with E-state index >= 15 is 0 Å². The lowest BCUT2D eigenvalue weighted by atomic mass is 9.81. The standard InChI is InChI=1S/C14H20N2O4S2/c1-10-3-4-21-12(10)13(17)16-5-11-6-20-9-14(11,8-16)7-15-22(2,18)19/h3-4,11,15H,5-9H2,1-2H3/t11-,14+/m1/s1. The number of rotatable bonds is 4. The van der Waals surface area contributed by atoms with Crippen LogP contribution in [0.5, 0.6) is 0 Å². The molecule has 1 aromatic heterocycles. The molecule has 2 aliphatic heterocycles. The smallest absolute Gasteiger partial charge is 0.264 e. The summed E-state index contributed by atoms with van der Waals surface area (Å²) in [5, 5.41) is 1.92. The van der Waals surface area contributed by atoms with E-state index in [0.29, 0.717) is 32.8 Å². The lowest BCUT2D eigenvalue weighted by Gasteiger charge is -2.26. The first-order chi connectivity index (χ1) is 10.3. The molecule has 8 heteroatoms. The molecule has 0 saturated carbocycles. The van der Waals surface area contributed by atoms with Crippen molar-refractivity contribution >= 4 is 27.3 Å². The number of aryl methyl sites for hydroxylation is 1. The van der Waals surface area contributed by atoms with Crippen LogP contribution in [0, 0.1) is 18.3 Å². The van der Waals surface area contributed by atoms with Gasteiger partial charge in [-0.15, -0.1) is 11.3 Å². The lowest BCUT2D eigenvalue weighted by Crippen LogP contribution is -2.43. The first-order valence-electron chi connectivity index (χ1n) is 7.16. The van der Waals surface area contributed by atoms with Gasteiger partial charge in [0.15, 0.2) is 0 Å². The third kappa shape index (κ3) is 2.92. The van der Waals surface area contributed by atoms with E-state index in [1.165, 1.54) is 11.3 Å². The summed E-state index contributed by atoms with van der Waals surface area (Å²) in [6.07, 6.45) is 1.15. The maximum Gasteiger partial charge on any atom is 0.264 e. The SMILES string of the molecule is Cc1ccsc1C(=O)N1C[C@@H]2COC[C@]2(CNS(C)(=O)=O)C1. The quantitative estimate of drug-likeness (QED) is 0.872. The molecule has 0 aromatic carbocycles. The van der Waals surface area contributed by atoms with E-state index in [0.717, 1.165) is 16.7 Å². The van der Waals surface area contributed by atoms with E-state index in [1.807, 2.05) is 23.3 Å². The van der Waals surface area contributed by atoms with Gasteiger partial charge in [-0.25, -0.2) is 13.1 Å². The molecule has 0 bridgehead atoms. The van der Waals surface area contributed by atoms with E-state index in [2.05, 4.69) is 4.72 Å². The van der Waals surface area contributed by atoms with Gasteiger partial charge in [0.1, 0.15) is 0 Å². The molecule has 1 N–H and O–H groups in total. The molecule has 6 nitrogen and oxygen atoms in total. The summed E-state index contributed by atoms with van der Waals surface area (Å²) in [6, 6.07) is 1.94. The number of carbonyl (C=O) groups is 1. The van der Waals surface area contributed by atoms with Crippen molar-refractivity contribution in [2.75, 3.05) is 39.1 Å². The highest BCUT2D eigenvalue weighted by atomic mass is 32.2. The van der Waals surface area contributed by atoms with Crippen molar-refractivity contribution < 1.29 is 17.9 Å². The van der Waals surface area contributed by atoms with Crippen molar-refractivity contribution in [1.82, 2.24) is 9.62 Å². The molecule has 3 rings (SSSR count). The van der Waals surface area contributed by atoms with Crippen LogP contribution in [0.4, 0.5) is 0 Å². The van der Waals surface area contributed by atoms with E-state index in [4.69, 9.17) is 4.74 Å². The van der Waals surface area contributed by atoms with Crippen LogP contribution in [0.25, 0.3) is 0 Å². The number of thiophene rings is 1. The number of hydrogen-bond acceptors (Lipinski definition) is 5. The van der Waals surface area contributed by atoms with Gasteiger partial charge in [0.2, 0.25) is 10.0 Å². The summed E-state index contributed by atoms with van der Waals surface area (Å²) < 4.78 is 30.9. The molecular weight excluding hydrogens is 324 g/mol. The Labute approximate surface area is 134 Å². The summed E-state index contributed by atoms with van der Waals surface area (Å²) in [6.45, 7) is 4.50. The maximum absolute atomic E-state index is 12.7. The fourth-order valence-electron chi connectivity index (χ4n) is 3.25. The fourth-order valence-corrected chi connectivity index (χ4v) is 4.69. The summed E-state index contributed by atoms with van der Waals surface area (Å²) in [5.74, 6) is 0.228. The Bertz CT molecular complexity index is 685. The van der Waals surface area contributed by atoms with Gasteiger partial charge in [0, 0.05) is 31.0 Å². The van der Waals surface area contributed by atoms with Gasteiger partial charge in [-0.2, -0.15) is 0 Å². The van der Waals surface area contributed by atoms with Gasteiger partial charge in [0.25, 0.3) is 5.91 Å². The largest absolute Gasteiger partial charge is 0.380 e. The summed E-state index contributed by atoms with van der Waals surface area (Å²) in [5.41, 5.74) is 0.691. The van der Waals surface area contributed by atoms with Crippen molar-refractivity contribution in [3.63, 3.8) is 0 Å². The van der Waals surface area contributed by atoms with Gasteiger partial charge in [0.05, 0.1) is 24.3 Å². The Morgan fingerprint density at radius 2 is 2.36 bits per heavy atom. The van der Waals surface area contributed by atoms with Crippen LogP contribution < -0.4 is 4.72 Å². The predicted molar refractivity (Wildman–Crippen MR) is 84.5 cm³/mol. The van der Waals surface area contributed by atoms with Gasteiger partial charge >= 0.3 is 0 Å². The number of nitrogens with zero attached hydrogens (tertiary/aromatic N) is 1. The summed E-state index contributed by atoms with van der Waals surface area (Å²) in [4.78, 5) is 15.3. The highest BCUT2D eigenvalue weighted by Crippen LogP contribution is 2.41. The third-order valence-corrected chi connectivity index (χ3v) is 6.22. The van der Waals surface area contributed by atoms with Crippen molar-refractivity contribution in [3.8, 4) is 0 Å². The second kappa shape index (κ2) is 5.59. The van der Waals surface area contributed by atoms with Crippen molar-refractivity contribution in [1.29, 1.82) is 0 Å². The number of hydrogen-bond donors (Lipinski definition) is 1. The zero-order chi connectivity index (χ0) is 16.0. The fraction of sp³-hybridized carbons (Fsp3) is 0.643. The predicted octanol–water partition coefficient (Wildman–Crippen LogP) is 0.694. The monoisotopic (exact) mass is 344 g/mol. The molecule has 122 valence electrons. The van der Waals surface area contributed by atoms with Crippen LogP contribution in [0.15, 0.2) is 11.4 Å². The van der Waals surface area contributed by atoms with Crippen LogP contribution >= 0.6 is 11.3 Å². The van der Waals surface area contributed by atoms with E-state index in [9.17, 15) is 13.2 Å². The van der Waals surface area contributed by atoms with Crippen LogP contribution in [-0.2, 0) is 14.8 Å². The normalized spacial score (nSPS) is 28.1. The van der Waals surface area contributed by atoms with Gasteiger partial charge < -0.3 is 9.64 Å². The summed E-state index contributed by atoms with van der Waals surface area (Å²) in [7, 11) is -3.25. The second-order valence-electron chi connectivity index (χ2n) is 6.29. The van der Waals surface area contributed by atoms with Crippen molar-refractivity contribution in [2.24, 2.45) is 11.3 Å². The number of carbonyl (C=O) groups excluding carboxylic acids is 1. The minimum Gasteiger partial charge on any atom is -0.380 e. The van der Waals surface area contributed by atoms with Crippen molar-refractivity contribution in [2.45, 2.75) is 6.92 Å². The molecule has 0 spiro atoms. The van der Waals surface area contributed by atoms with Gasteiger partial charge in [-0.1, -0.05) is 0 Å². The van der Waals surface area contributed by atoms with Crippen LogP contribution in [0.1, 0.15) is 15.2 Å². The average molecular weight is 344 g/mol. The van der Waals surface area contributed by atoms with E-state index in [1.54, 1.807) is 0 Å². The molecule has 2 saturated heterocycles. The van der Waals surface area contributed by atoms with Gasteiger partial charge in [-0.3, -0.25) is 4.79 Å². The maximum atomic E-state index is 12.7. The Kier molecular flexibility index (Phi) is 4.05. The molecule has 22 heavy (non-hydrogen) atoms. The molecule has 2 aliphatic rings. The highest BCUT2D eigenvalue weighted by molar-refractivity contribution is 7.88. The third-order valence-electron chi connectivity index (χ3n) is 4.55. The van der Waals surface area contributed by atoms with Crippen LogP contribution in [0.3, 0.4) is 0 Å². The van der Waals surface area contributed by atoms with Crippen LogP contribution in [0.2, 0.25) is 0 Å². The number of sulfonamides is 1. The number of likely N-dealkylation sites (tertiary alicyclic amines) is 1. The topological polar surface area (TPSA) is 75.7 Å². The highest BCUT2D eigenvalue weighted by Gasteiger charge is 2.52. The minimum absolute atomic E-state index is 0.0423. The summed E-state index contributed by atoms with van der Waals surface area (Å²) >= 11 is 1.46. The molecule has 1 aromatic rings. The molecule has 0 unspecified atom stereocenters. The lowest BCUT2D eigenvalue weighted by molar-refractivity contribution is 0.0725. The second-order valence-corrected chi connectivity index (χ2v) is 9.04. The number of fused-ring (bicyclic) bond motifs is 1. The number of ether oxygens (including phenoxy) is 1. The molecule has 0 aliphatic carbocycles. The molecular formula is C14H20N2O4S2. The van der Waals surface area contributed by atoms with Crippen molar-refractivity contribution in [3.05, 3.63) is 21.9 Å². The first-order valence-corrected chi connectivity index (χ1v) is 9.94. The first kappa shape index (κ1) is 15.9. The Morgan fingerprint density at radius 3 is 3.00 bits per heavy atom. The number of nitrogens with one attached hydrogen (secondary N) is 1. The Morgan fingerprint density at radius 1 is 1.59 bits per heavy atom. The zero-order valence-corrected chi connectivity index (χ0v) is 14.3. The molecule has 0 radical (unpaired) electrons. The Balaban J connectivity index is 1.76. The Hall–Kier alpha value is -0.960.